The predicted octanol–water partition coefficient (Wildman–Crippen LogP) is 5.25. The number of fused-ring (bicyclic) bond motifs is 1. The molecule has 178 valence electrons. The van der Waals surface area contributed by atoms with Crippen molar-refractivity contribution in [2.75, 3.05) is 17.7 Å². The van der Waals surface area contributed by atoms with Gasteiger partial charge in [-0.25, -0.2) is 4.98 Å². The van der Waals surface area contributed by atoms with E-state index >= 15 is 0 Å². The molecule has 1 aromatic carbocycles. The number of nitrogens with zero attached hydrogens (tertiary/aromatic N) is 3. The molecule has 36 heavy (non-hydrogen) atoms. The first kappa shape index (κ1) is 23.6. The number of thiophene rings is 2. The summed E-state index contributed by atoms with van der Waals surface area (Å²) in [4.78, 5) is 19.3. The van der Waals surface area contributed by atoms with E-state index in [0.717, 1.165) is 20.9 Å². The third kappa shape index (κ3) is 4.32. The van der Waals surface area contributed by atoms with E-state index in [1.807, 2.05) is 47.2 Å². The normalized spacial score (nSPS) is 14.4. The number of rotatable bonds is 6. The molecule has 1 amide bonds. The number of hydrogen-bond acceptors (Lipinski definition) is 10. The van der Waals surface area contributed by atoms with Gasteiger partial charge in [-0.1, -0.05) is 18.2 Å². The van der Waals surface area contributed by atoms with Crippen LogP contribution in [-0.2, 0) is 11.2 Å². The maximum Gasteiger partial charge on any atom is 0.231 e. The van der Waals surface area contributed by atoms with E-state index in [0.29, 0.717) is 32.7 Å². The maximum absolute atomic E-state index is 12.9. The van der Waals surface area contributed by atoms with Gasteiger partial charge in [0.15, 0.2) is 0 Å². The number of methoxy groups -OCH3 is 1. The molecule has 1 atom stereocenters. The first-order valence-electron chi connectivity index (χ1n) is 10.7. The van der Waals surface area contributed by atoms with Crippen LogP contribution in [0, 0.1) is 22.7 Å². The fourth-order valence-electron chi connectivity index (χ4n) is 3.94. The van der Waals surface area contributed by atoms with Crippen LogP contribution >= 0.6 is 34.0 Å². The molecule has 0 saturated carbocycles. The molecule has 3 aromatic heterocycles. The summed E-state index contributed by atoms with van der Waals surface area (Å²) in [6.45, 7) is 0. The van der Waals surface area contributed by atoms with Crippen LogP contribution in [0.3, 0.4) is 0 Å². The molecule has 0 saturated heterocycles. The van der Waals surface area contributed by atoms with E-state index in [9.17, 15) is 15.3 Å². The quantitative estimate of drug-likeness (QED) is 0.310. The number of anilines is 2. The molecule has 4 aromatic rings. The number of thiazole rings is 1. The zero-order chi connectivity index (χ0) is 25.2. The van der Waals surface area contributed by atoms with Gasteiger partial charge in [-0.05, 0) is 29.1 Å². The zero-order valence-electron chi connectivity index (χ0n) is 18.9. The van der Waals surface area contributed by atoms with Gasteiger partial charge in [-0.2, -0.15) is 10.5 Å². The van der Waals surface area contributed by atoms with Crippen molar-refractivity contribution in [1.82, 2.24) is 4.98 Å². The number of nitrogens with two attached hydrogens (primary N) is 1. The molecule has 4 heterocycles. The molecular formula is C25H18N6O2S3. The first-order chi connectivity index (χ1) is 17.5. The fraction of sp³-hybridized carbons (Fsp3) is 0.120. The number of aromatic nitrogens is 1. The van der Waals surface area contributed by atoms with Crippen LogP contribution in [0.5, 0.6) is 5.75 Å². The number of carbonyl (C=O) groups excluding carboxylic acids is 1. The van der Waals surface area contributed by atoms with E-state index in [2.05, 4.69) is 27.8 Å². The fourth-order valence-corrected chi connectivity index (χ4v) is 6.85. The average molecular weight is 531 g/mol. The second-order valence-electron chi connectivity index (χ2n) is 7.76. The number of hydrogen-bond donors (Lipinski definition) is 3. The summed E-state index contributed by atoms with van der Waals surface area (Å²) >= 11 is 4.22. The van der Waals surface area contributed by atoms with Crippen molar-refractivity contribution < 1.29 is 9.53 Å². The van der Waals surface area contributed by atoms with E-state index in [-0.39, 0.29) is 18.1 Å². The number of carbonyl (C=O) groups is 1. The Balaban J connectivity index is 1.39. The Morgan fingerprint density at radius 3 is 2.69 bits per heavy atom. The largest absolute Gasteiger partial charge is 0.497 e. The number of allylic oxidation sites excluding steroid dienone is 1. The van der Waals surface area contributed by atoms with Crippen LogP contribution in [0.4, 0.5) is 10.8 Å². The number of amides is 1. The van der Waals surface area contributed by atoms with Crippen LogP contribution < -0.4 is 21.1 Å². The van der Waals surface area contributed by atoms with Crippen LogP contribution in [0.2, 0.25) is 0 Å². The Labute approximate surface area is 218 Å². The minimum atomic E-state index is -0.401. The van der Waals surface area contributed by atoms with Gasteiger partial charge < -0.3 is 21.1 Å². The lowest BCUT2D eigenvalue weighted by atomic mass is 9.88. The maximum atomic E-state index is 12.9. The summed E-state index contributed by atoms with van der Waals surface area (Å²) in [5.41, 5.74) is 8.68. The van der Waals surface area contributed by atoms with E-state index in [1.54, 1.807) is 18.4 Å². The summed E-state index contributed by atoms with van der Waals surface area (Å²) in [6.07, 6.45) is 0.0214. The summed E-state index contributed by atoms with van der Waals surface area (Å²) < 4.78 is 5.25. The molecular weight excluding hydrogens is 513 g/mol. The lowest BCUT2D eigenvalue weighted by Crippen LogP contribution is -2.22. The number of ether oxygens (including phenoxy) is 1. The molecule has 1 unspecified atom stereocenters. The van der Waals surface area contributed by atoms with Gasteiger partial charge in [-0.3, -0.25) is 4.79 Å². The third-order valence-electron chi connectivity index (χ3n) is 5.62. The highest BCUT2D eigenvalue weighted by atomic mass is 32.1. The molecule has 0 bridgehead atoms. The summed E-state index contributed by atoms with van der Waals surface area (Å²) in [7, 11) is 1.59. The van der Waals surface area contributed by atoms with Crippen molar-refractivity contribution in [1.29, 1.82) is 10.5 Å². The Kier molecular flexibility index (Phi) is 6.44. The van der Waals surface area contributed by atoms with E-state index in [1.165, 1.54) is 22.7 Å². The highest BCUT2D eigenvalue weighted by molar-refractivity contribution is 7.17. The predicted molar refractivity (Wildman–Crippen MR) is 142 cm³/mol. The minimum absolute atomic E-state index is 0.0214. The van der Waals surface area contributed by atoms with Gasteiger partial charge in [0, 0.05) is 15.8 Å². The van der Waals surface area contributed by atoms with Gasteiger partial charge in [0.25, 0.3) is 0 Å². The lowest BCUT2D eigenvalue weighted by Gasteiger charge is -2.23. The van der Waals surface area contributed by atoms with Crippen LogP contribution in [0.25, 0.3) is 10.4 Å². The number of benzene rings is 1. The first-order valence-corrected chi connectivity index (χ1v) is 13.3. The van der Waals surface area contributed by atoms with Gasteiger partial charge >= 0.3 is 0 Å². The Hall–Kier alpha value is -4.16. The standard InChI is InChI=1S/C25H18N6O2S3/c1-33-14-6-4-13(5-7-14)21-16(11-27)23(28)31-24-22(21)36-20(30-24)9-19(32)29-25-15(10-26)17(12-35-25)18-3-2-8-34-18/h2-8,12,21,31H,9,28H2,1H3,(H,29,32). The number of nitriles is 2. The zero-order valence-corrected chi connectivity index (χ0v) is 21.3. The monoisotopic (exact) mass is 530 g/mol. The minimum Gasteiger partial charge on any atom is -0.497 e. The summed E-state index contributed by atoms with van der Waals surface area (Å²) in [5.74, 6) is 0.805. The molecule has 4 N–H and O–H groups in total. The van der Waals surface area contributed by atoms with Crippen molar-refractivity contribution in [2.24, 2.45) is 5.73 Å². The molecule has 0 fully saturated rings. The summed E-state index contributed by atoms with van der Waals surface area (Å²) in [5, 5.41) is 30.3. The van der Waals surface area contributed by atoms with Crippen molar-refractivity contribution in [3.63, 3.8) is 0 Å². The second-order valence-corrected chi connectivity index (χ2v) is 10.7. The molecule has 1 aliphatic heterocycles. The lowest BCUT2D eigenvalue weighted by molar-refractivity contribution is -0.115. The van der Waals surface area contributed by atoms with Crippen molar-refractivity contribution in [3.8, 4) is 28.3 Å². The van der Waals surface area contributed by atoms with Gasteiger partial charge in [0.2, 0.25) is 5.91 Å². The van der Waals surface area contributed by atoms with Crippen LogP contribution in [-0.4, -0.2) is 18.0 Å². The van der Waals surface area contributed by atoms with Crippen molar-refractivity contribution >= 4 is 50.7 Å². The Bertz CT molecular complexity index is 1550. The summed E-state index contributed by atoms with van der Waals surface area (Å²) in [6, 6.07) is 15.7. The molecule has 0 aliphatic carbocycles. The second kappa shape index (κ2) is 9.84. The SMILES string of the molecule is COc1ccc(C2C(C#N)=C(N)Nc3nc(CC(=O)Nc4scc(-c5cccs5)c4C#N)sc32)cc1. The van der Waals surface area contributed by atoms with Gasteiger partial charge in [0.1, 0.15) is 33.5 Å². The van der Waals surface area contributed by atoms with Crippen molar-refractivity contribution in [2.45, 2.75) is 12.3 Å². The van der Waals surface area contributed by atoms with Crippen LogP contribution in [0.1, 0.15) is 26.9 Å². The highest BCUT2D eigenvalue weighted by Gasteiger charge is 2.32. The Morgan fingerprint density at radius 2 is 2.03 bits per heavy atom. The molecule has 8 nitrogen and oxygen atoms in total. The average Bonchev–Trinajstić information content (AvgIpc) is 3.62. The number of nitrogens with one attached hydrogen (secondary N) is 2. The van der Waals surface area contributed by atoms with Gasteiger partial charge in [-0.15, -0.1) is 34.0 Å². The topological polar surface area (TPSA) is 137 Å². The van der Waals surface area contributed by atoms with Gasteiger partial charge in [0.05, 0.1) is 41.5 Å². The van der Waals surface area contributed by atoms with Crippen LogP contribution in [0.15, 0.2) is 58.6 Å². The molecule has 0 radical (unpaired) electrons. The highest BCUT2D eigenvalue weighted by Crippen LogP contribution is 2.44. The molecule has 1 aliphatic rings. The van der Waals surface area contributed by atoms with E-state index < -0.39 is 5.92 Å². The van der Waals surface area contributed by atoms with Crippen molar-refractivity contribution in [3.05, 3.63) is 79.6 Å². The molecule has 5 rings (SSSR count). The smallest absolute Gasteiger partial charge is 0.231 e. The molecule has 0 spiro atoms. The van der Waals surface area contributed by atoms with E-state index in [4.69, 9.17) is 10.5 Å². The Morgan fingerprint density at radius 1 is 1.22 bits per heavy atom. The third-order valence-corrected chi connectivity index (χ3v) is 8.53. The molecule has 11 heteroatoms.